The normalized spacial score (nSPS) is 25.8. The summed E-state index contributed by atoms with van der Waals surface area (Å²) in [7, 11) is 0. The molecule has 0 saturated heterocycles. The fourth-order valence-corrected chi connectivity index (χ4v) is 6.74. The number of rotatable bonds is 9. The quantitative estimate of drug-likeness (QED) is 0.335. The summed E-state index contributed by atoms with van der Waals surface area (Å²) in [6.07, 6.45) is 18.8. The van der Waals surface area contributed by atoms with Crippen molar-refractivity contribution in [2.45, 2.75) is 116 Å². The van der Waals surface area contributed by atoms with E-state index in [0.29, 0.717) is 11.8 Å². The van der Waals surface area contributed by atoms with Gasteiger partial charge in [-0.2, -0.15) is 0 Å². The summed E-state index contributed by atoms with van der Waals surface area (Å²) in [4.78, 5) is 0. The van der Waals surface area contributed by atoms with Crippen molar-refractivity contribution in [1.82, 2.24) is 0 Å². The molecule has 0 aromatic heterocycles. The van der Waals surface area contributed by atoms with Crippen molar-refractivity contribution in [2.75, 3.05) is 0 Å². The molecule has 0 nitrogen and oxygen atoms in total. The summed E-state index contributed by atoms with van der Waals surface area (Å²) in [5.41, 5.74) is 4.88. The van der Waals surface area contributed by atoms with Crippen LogP contribution < -0.4 is 0 Å². The van der Waals surface area contributed by atoms with Gasteiger partial charge >= 0.3 is 0 Å². The van der Waals surface area contributed by atoms with Crippen LogP contribution in [-0.2, 0) is 0 Å². The highest BCUT2D eigenvalue weighted by Gasteiger charge is 2.27. The lowest BCUT2D eigenvalue weighted by Gasteiger charge is -2.32. The van der Waals surface area contributed by atoms with Crippen LogP contribution in [0, 0.1) is 17.7 Å². The lowest BCUT2D eigenvalue weighted by Crippen LogP contribution is -2.16. The summed E-state index contributed by atoms with van der Waals surface area (Å²) in [6.45, 7) is 4.61. The minimum atomic E-state index is -0.0835. The predicted molar refractivity (Wildman–Crippen MR) is 140 cm³/mol. The molecule has 0 bridgehead atoms. The predicted octanol–water partition coefficient (Wildman–Crippen LogP) is 10.4. The summed E-state index contributed by atoms with van der Waals surface area (Å²) in [6, 6.07) is 14.5. The lowest BCUT2D eigenvalue weighted by molar-refractivity contribution is 0.301. The first-order valence-corrected chi connectivity index (χ1v) is 14.1. The van der Waals surface area contributed by atoms with Crippen molar-refractivity contribution in [3.05, 3.63) is 59.4 Å². The van der Waals surface area contributed by atoms with E-state index in [2.05, 4.69) is 32.0 Å². The Balaban J connectivity index is 1.54. The minimum absolute atomic E-state index is 0.0835. The standard InChI is InChI=1S/C32H45F/c1-3-5-6-10-25-15-19-27(20-16-25)31-23-28(26-17-13-24(9-4-2)14-18-26)21-22-29(31)30-11-7-8-12-32(30)33/h7-8,11-12,21-27H,3-6,9-10,13-20H2,1-2H3. The van der Waals surface area contributed by atoms with Gasteiger partial charge in [0.1, 0.15) is 5.82 Å². The van der Waals surface area contributed by atoms with Crippen molar-refractivity contribution < 1.29 is 4.39 Å². The van der Waals surface area contributed by atoms with E-state index < -0.39 is 0 Å². The molecule has 0 atom stereocenters. The van der Waals surface area contributed by atoms with Gasteiger partial charge in [0.15, 0.2) is 0 Å². The monoisotopic (exact) mass is 448 g/mol. The molecule has 33 heavy (non-hydrogen) atoms. The molecule has 2 aromatic carbocycles. The Hall–Kier alpha value is -1.63. The van der Waals surface area contributed by atoms with E-state index in [-0.39, 0.29) is 5.82 Å². The van der Waals surface area contributed by atoms with Crippen LogP contribution in [0.2, 0.25) is 0 Å². The SMILES string of the molecule is CCCCCC1CCC(c2cc(C3CCC(CCC)CC3)ccc2-c2ccccc2F)CC1. The van der Waals surface area contributed by atoms with Crippen LogP contribution in [0.4, 0.5) is 4.39 Å². The van der Waals surface area contributed by atoms with E-state index >= 15 is 0 Å². The van der Waals surface area contributed by atoms with E-state index in [1.807, 2.05) is 18.2 Å². The highest BCUT2D eigenvalue weighted by atomic mass is 19.1. The summed E-state index contributed by atoms with van der Waals surface area (Å²) < 4.78 is 14.8. The molecule has 0 heterocycles. The average Bonchev–Trinajstić information content (AvgIpc) is 2.85. The zero-order chi connectivity index (χ0) is 23.0. The van der Waals surface area contributed by atoms with E-state index in [9.17, 15) is 4.39 Å². The van der Waals surface area contributed by atoms with Crippen LogP contribution in [0.25, 0.3) is 11.1 Å². The van der Waals surface area contributed by atoms with E-state index in [0.717, 1.165) is 23.0 Å². The molecule has 2 aliphatic carbocycles. The summed E-state index contributed by atoms with van der Waals surface area (Å²) in [5, 5.41) is 0. The molecule has 0 radical (unpaired) electrons. The molecule has 180 valence electrons. The van der Waals surface area contributed by atoms with Crippen LogP contribution >= 0.6 is 0 Å². The molecule has 0 aliphatic heterocycles. The minimum Gasteiger partial charge on any atom is -0.206 e. The van der Waals surface area contributed by atoms with Crippen molar-refractivity contribution in [1.29, 1.82) is 0 Å². The first-order chi connectivity index (χ1) is 16.2. The molecule has 0 amide bonds. The molecule has 4 rings (SSSR count). The number of halogens is 1. The summed E-state index contributed by atoms with van der Waals surface area (Å²) in [5.74, 6) is 3.03. The van der Waals surface area contributed by atoms with Gasteiger partial charge in [-0.1, -0.05) is 88.8 Å². The van der Waals surface area contributed by atoms with Crippen LogP contribution in [0.1, 0.15) is 127 Å². The third-order valence-electron chi connectivity index (χ3n) is 8.76. The number of hydrogen-bond donors (Lipinski definition) is 0. The Kier molecular flexibility index (Phi) is 9.04. The second kappa shape index (κ2) is 12.2. The Morgan fingerprint density at radius 2 is 1.33 bits per heavy atom. The number of hydrogen-bond acceptors (Lipinski definition) is 0. The molecule has 2 saturated carbocycles. The molecule has 0 spiro atoms. The zero-order valence-corrected chi connectivity index (χ0v) is 21.1. The Morgan fingerprint density at radius 1 is 0.667 bits per heavy atom. The first-order valence-electron chi connectivity index (χ1n) is 14.1. The van der Waals surface area contributed by atoms with Gasteiger partial charge in [-0.3, -0.25) is 0 Å². The number of unbranched alkanes of at least 4 members (excludes halogenated alkanes) is 2. The Labute approximate surface area is 202 Å². The average molecular weight is 449 g/mol. The molecular weight excluding hydrogens is 403 g/mol. The second-order valence-corrected chi connectivity index (χ2v) is 11.0. The largest absolute Gasteiger partial charge is 0.206 e. The van der Waals surface area contributed by atoms with Gasteiger partial charge in [0, 0.05) is 5.56 Å². The molecule has 0 N–H and O–H groups in total. The third-order valence-corrected chi connectivity index (χ3v) is 8.76. The molecular formula is C32H45F. The molecule has 0 unspecified atom stereocenters. The maximum absolute atomic E-state index is 14.8. The highest BCUT2D eigenvalue weighted by molar-refractivity contribution is 5.69. The van der Waals surface area contributed by atoms with Crippen molar-refractivity contribution in [3.63, 3.8) is 0 Å². The highest BCUT2D eigenvalue weighted by Crippen LogP contribution is 2.44. The van der Waals surface area contributed by atoms with Gasteiger partial charge in [0.05, 0.1) is 0 Å². The van der Waals surface area contributed by atoms with Crippen molar-refractivity contribution in [3.8, 4) is 11.1 Å². The van der Waals surface area contributed by atoms with E-state index in [4.69, 9.17) is 0 Å². The zero-order valence-electron chi connectivity index (χ0n) is 21.1. The maximum atomic E-state index is 14.8. The topological polar surface area (TPSA) is 0 Å². The Morgan fingerprint density at radius 3 is 2.00 bits per heavy atom. The van der Waals surface area contributed by atoms with Gasteiger partial charge in [0.2, 0.25) is 0 Å². The van der Waals surface area contributed by atoms with Gasteiger partial charge < -0.3 is 0 Å². The molecule has 2 fully saturated rings. The second-order valence-electron chi connectivity index (χ2n) is 11.0. The van der Waals surface area contributed by atoms with Crippen LogP contribution in [0.3, 0.4) is 0 Å². The van der Waals surface area contributed by atoms with Gasteiger partial charge in [-0.15, -0.1) is 0 Å². The van der Waals surface area contributed by atoms with Gasteiger partial charge in [0.25, 0.3) is 0 Å². The van der Waals surface area contributed by atoms with Crippen LogP contribution in [0.15, 0.2) is 42.5 Å². The van der Waals surface area contributed by atoms with Crippen molar-refractivity contribution >= 4 is 0 Å². The first kappa shape index (κ1) is 24.5. The van der Waals surface area contributed by atoms with Gasteiger partial charge in [-0.25, -0.2) is 4.39 Å². The van der Waals surface area contributed by atoms with E-state index in [1.165, 1.54) is 101 Å². The van der Waals surface area contributed by atoms with E-state index in [1.54, 1.807) is 6.07 Å². The number of benzene rings is 2. The maximum Gasteiger partial charge on any atom is 0.131 e. The fourth-order valence-electron chi connectivity index (χ4n) is 6.74. The molecule has 2 aromatic rings. The molecule has 1 heteroatoms. The lowest BCUT2D eigenvalue weighted by atomic mass is 9.73. The van der Waals surface area contributed by atoms with Crippen LogP contribution in [-0.4, -0.2) is 0 Å². The van der Waals surface area contributed by atoms with Crippen LogP contribution in [0.5, 0.6) is 0 Å². The Bertz CT molecular complexity index is 853. The van der Waals surface area contributed by atoms with Crippen molar-refractivity contribution in [2.24, 2.45) is 11.8 Å². The fraction of sp³-hybridized carbons (Fsp3) is 0.625. The third kappa shape index (κ3) is 6.28. The summed E-state index contributed by atoms with van der Waals surface area (Å²) >= 11 is 0. The van der Waals surface area contributed by atoms with Gasteiger partial charge in [-0.05, 0) is 97.8 Å². The molecule has 2 aliphatic rings. The smallest absolute Gasteiger partial charge is 0.131 e.